The molecule has 5 nitrogen and oxygen atoms in total. The molecular formula is C27H24BrN3O2S. The number of rotatable bonds is 6. The molecule has 172 valence electrons. The molecule has 2 aromatic carbocycles. The third-order valence-corrected chi connectivity index (χ3v) is 6.48. The van der Waals surface area contributed by atoms with E-state index in [1.165, 1.54) is 0 Å². The number of nitrogens with zero attached hydrogens (tertiary/aromatic N) is 2. The highest BCUT2D eigenvalue weighted by atomic mass is 79.9. The van der Waals surface area contributed by atoms with Crippen LogP contribution in [0.1, 0.15) is 37.4 Å². The highest BCUT2D eigenvalue weighted by Gasteiger charge is 2.42. The quantitative estimate of drug-likeness (QED) is 0.267. The molecule has 0 bridgehead atoms. The first-order chi connectivity index (χ1) is 16.5. The minimum absolute atomic E-state index is 0.113. The molecule has 0 spiro atoms. The summed E-state index contributed by atoms with van der Waals surface area (Å²) in [6.07, 6.45) is 1.91. The Hall–Kier alpha value is -3.16. The summed E-state index contributed by atoms with van der Waals surface area (Å²) in [5.74, 6) is 2.44. The van der Waals surface area contributed by atoms with E-state index in [2.05, 4.69) is 31.1 Å². The lowest BCUT2D eigenvalue weighted by Crippen LogP contribution is -2.29. The van der Waals surface area contributed by atoms with E-state index >= 15 is 0 Å². The van der Waals surface area contributed by atoms with E-state index in [-0.39, 0.29) is 18.2 Å². The molecule has 0 unspecified atom stereocenters. The third-order valence-electron chi connectivity index (χ3n) is 5.63. The number of anilines is 1. The van der Waals surface area contributed by atoms with E-state index in [1.807, 2.05) is 92.7 Å². The van der Waals surface area contributed by atoms with Crippen molar-refractivity contribution in [3.8, 4) is 17.1 Å². The van der Waals surface area contributed by atoms with Gasteiger partial charge in [-0.05, 0) is 86.7 Å². The Morgan fingerprint density at radius 1 is 1.00 bits per heavy atom. The zero-order valence-corrected chi connectivity index (χ0v) is 21.2. The van der Waals surface area contributed by atoms with E-state index in [4.69, 9.17) is 21.4 Å². The average molecular weight is 534 g/mol. The van der Waals surface area contributed by atoms with Crippen LogP contribution >= 0.6 is 28.1 Å². The first kappa shape index (κ1) is 22.6. The molecule has 1 fully saturated rings. The molecule has 0 amide bonds. The largest absolute Gasteiger partial charge is 0.491 e. The topological polar surface area (TPSA) is 50.5 Å². The highest BCUT2D eigenvalue weighted by molar-refractivity contribution is 9.10. The fourth-order valence-corrected chi connectivity index (χ4v) is 4.77. The van der Waals surface area contributed by atoms with Crippen molar-refractivity contribution in [2.75, 3.05) is 4.90 Å². The SMILES string of the molecule is CC(C)Oc1ccc(N2C(=S)N[C@@H](c3ccccn3)[C@H]2c2ccc(-c3ccc(Br)cc3)o2)cc1. The van der Waals surface area contributed by atoms with Crippen molar-refractivity contribution in [1.29, 1.82) is 0 Å². The molecule has 0 radical (unpaired) electrons. The van der Waals surface area contributed by atoms with E-state index in [9.17, 15) is 0 Å². The predicted octanol–water partition coefficient (Wildman–Crippen LogP) is 7.07. The number of halogens is 1. The van der Waals surface area contributed by atoms with Crippen molar-refractivity contribution < 1.29 is 9.15 Å². The lowest BCUT2D eigenvalue weighted by molar-refractivity contribution is 0.242. The van der Waals surface area contributed by atoms with Crippen LogP contribution in [0.15, 0.2) is 93.9 Å². The van der Waals surface area contributed by atoms with Gasteiger partial charge in [-0.15, -0.1) is 0 Å². The average Bonchev–Trinajstić information content (AvgIpc) is 3.45. The van der Waals surface area contributed by atoms with Gasteiger partial charge >= 0.3 is 0 Å². The Balaban J connectivity index is 1.54. The molecule has 2 atom stereocenters. The van der Waals surface area contributed by atoms with Crippen LogP contribution in [0, 0.1) is 0 Å². The minimum Gasteiger partial charge on any atom is -0.491 e. The molecule has 4 aromatic rings. The Labute approximate surface area is 212 Å². The molecular weight excluding hydrogens is 510 g/mol. The van der Waals surface area contributed by atoms with Gasteiger partial charge in [0.15, 0.2) is 5.11 Å². The van der Waals surface area contributed by atoms with Gasteiger partial charge in [-0.2, -0.15) is 0 Å². The van der Waals surface area contributed by atoms with Crippen LogP contribution in [0.25, 0.3) is 11.3 Å². The summed E-state index contributed by atoms with van der Waals surface area (Å²) in [7, 11) is 0. The molecule has 34 heavy (non-hydrogen) atoms. The number of hydrogen-bond donors (Lipinski definition) is 1. The number of pyridine rings is 1. The standard InChI is InChI=1S/C27H24BrN3O2S/c1-17(2)32-21-12-10-20(11-13-21)31-26(25(30-27(31)34)22-5-3-4-16-29-22)24-15-14-23(33-24)18-6-8-19(28)9-7-18/h3-17,25-26H,1-2H3,(H,30,34)/t25-,26+/m0/s1. The first-order valence-corrected chi connectivity index (χ1v) is 12.3. The molecule has 1 saturated heterocycles. The van der Waals surface area contributed by atoms with Crippen molar-refractivity contribution in [3.05, 3.63) is 101 Å². The number of nitrogens with one attached hydrogen (secondary N) is 1. The van der Waals surface area contributed by atoms with Crippen molar-refractivity contribution >= 4 is 38.9 Å². The molecule has 3 heterocycles. The zero-order chi connectivity index (χ0) is 23.7. The van der Waals surface area contributed by atoms with E-state index < -0.39 is 0 Å². The number of benzene rings is 2. The fourth-order valence-electron chi connectivity index (χ4n) is 4.16. The van der Waals surface area contributed by atoms with Crippen molar-refractivity contribution in [3.63, 3.8) is 0 Å². The van der Waals surface area contributed by atoms with Crippen LogP contribution in [0.3, 0.4) is 0 Å². The second-order valence-electron chi connectivity index (χ2n) is 8.37. The lowest BCUT2D eigenvalue weighted by Gasteiger charge is -2.26. The molecule has 5 rings (SSSR count). The van der Waals surface area contributed by atoms with Crippen LogP contribution in [0.5, 0.6) is 5.75 Å². The Kier molecular flexibility index (Phi) is 6.39. The maximum Gasteiger partial charge on any atom is 0.174 e. The zero-order valence-electron chi connectivity index (χ0n) is 18.8. The smallest absolute Gasteiger partial charge is 0.174 e. The molecule has 1 aliphatic rings. The summed E-state index contributed by atoms with van der Waals surface area (Å²) in [5.41, 5.74) is 2.87. The molecule has 0 saturated carbocycles. The highest BCUT2D eigenvalue weighted by Crippen LogP contribution is 2.43. The Morgan fingerprint density at radius 2 is 1.76 bits per heavy atom. The number of ether oxygens (including phenoxy) is 1. The van der Waals surface area contributed by atoms with Crippen LogP contribution in [0.2, 0.25) is 0 Å². The second-order valence-corrected chi connectivity index (χ2v) is 9.67. The van der Waals surface area contributed by atoms with E-state index in [0.29, 0.717) is 5.11 Å². The summed E-state index contributed by atoms with van der Waals surface area (Å²) >= 11 is 9.30. The van der Waals surface area contributed by atoms with Gasteiger partial charge in [-0.1, -0.05) is 34.1 Å². The Morgan fingerprint density at radius 3 is 2.44 bits per heavy atom. The second kappa shape index (κ2) is 9.60. The minimum atomic E-state index is -0.205. The molecule has 2 aromatic heterocycles. The van der Waals surface area contributed by atoms with Crippen LogP contribution < -0.4 is 15.0 Å². The summed E-state index contributed by atoms with van der Waals surface area (Å²) in [6, 6.07) is 25.6. The summed E-state index contributed by atoms with van der Waals surface area (Å²) in [4.78, 5) is 6.70. The fraction of sp³-hybridized carbons (Fsp3) is 0.185. The molecule has 1 N–H and O–H groups in total. The number of hydrogen-bond acceptors (Lipinski definition) is 4. The lowest BCUT2D eigenvalue weighted by atomic mass is 10.0. The van der Waals surface area contributed by atoms with Crippen molar-refractivity contribution in [1.82, 2.24) is 10.3 Å². The van der Waals surface area contributed by atoms with Crippen molar-refractivity contribution in [2.24, 2.45) is 0 Å². The number of aromatic nitrogens is 1. The number of thiocarbonyl (C=S) groups is 1. The summed E-state index contributed by atoms with van der Waals surface area (Å²) < 4.78 is 13.3. The van der Waals surface area contributed by atoms with E-state index in [1.54, 1.807) is 6.20 Å². The summed E-state index contributed by atoms with van der Waals surface area (Å²) in [6.45, 7) is 4.03. The van der Waals surface area contributed by atoms with Gasteiger partial charge < -0.3 is 19.4 Å². The maximum atomic E-state index is 6.41. The maximum absolute atomic E-state index is 6.41. The van der Waals surface area contributed by atoms with Crippen LogP contribution in [0.4, 0.5) is 5.69 Å². The van der Waals surface area contributed by atoms with E-state index in [0.717, 1.165) is 38.7 Å². The van der Waals surface area contributed by atoms with Gasteiger partial charge in [0.2, 0.25) is 0 Å². The van der Waals surface area contributed by atoms with Gasteiger partial charge in [-0.25, -0.2) is 0 Å². The third kappa shape index (κ3) is 4.58. The number of furan rings is 1. The normalized spacial score (nSPS) is 17.8. The Bertz CT molecular complexity index is 1270. The van der Waals surface area contributed by atoms with Crippen molar-refractivity contribution in [2.45, 2.75) is 32.0 Å². The van der Waals surface area contributed by atoms with Gasteiger partial charge in [0.1, 0.15) is 23.3 Å². The van der Waals surface area contributed by atoms with Gasteiger partial charge in [0.05, 0.1) is 17.8 Å². The first-order valence-electron chi connectivity index (χ1n) is 11.1. The summed E-state index contributed by atoms with van der Waals surface area (Å²) in [5, 5.41) is 4.09. The molecule has 0 aliphatic carbocycles. The monoisotopic (exact) mass is 533 g/mol. The molecule has 7 heteroatoms. The van der Waals surface area contributed by atoms with Crippen LogP contribution in [-0.2, 0) is 0 Å². The van der Waals surface area contributed by atoms with Gasteiger partial charge in [0.25, 0.3) is 0 Å². The van der Waals surface area contributed by atoms with Gasteiger partial charge in [0, 0.05) is 21.9 Å². The molecule has 1 aliphatic heterocycles. The van der Waals surface area contributed by atoms with Gasteiger partial charge in [-0.3, -0.25) is 4.98 Å². The predicted molar refractivity (Wildman–Crippen MR) is 142 cm³/mol. The van der Waals surface area contributed by atoms with Crippen LogP contribution in [-0.4, -0.2) is 16.2 Å².